The van der Waals surface area contributed by atoms with E-state index in [1.54, 1.807) is 0 Å². The van der Waals surface area contributed by atoms with Gasteiger partial charge in [0.1, 0.15) is 5.82 Å². The first-order valence-electron chi connectivity index (χ1n) is 7.80. The van der Waals surface area contributed by atoms with E-state index in [9.17, 15) is 8.42 Å². The van der Waals surface area contributed by atoms with Gasteiger partial charge in [0.15, 0.2) is 5.03 Å². The van der Waals surface area contributed by atoms with Gasteiger partial charge in [0.2, 0.25) is 0 Å². The molecular weight excluding hydrogens is 286 g/mol. The Balaban J connectivity index is 2.18. The van der Waals surface area contributed by atoms with Crippen LogP contribution in [0, 0.1) is 11.3 Å². The van der Waals surface area contributed by atoms with E-state index in [2.05, 4.69) is 35.5 Å². The predicted molar refractivity (Wildman–Crippen MR) is 83.5 cm³/mol. The van der Waals surface area contributed by atoms with Gasteiger partial charge in [0, 0.05) is 12.5 Å². The Hall–Kier alpha value is -0.880. The summed E-state index contributed by atoms with van der Waals surface area (Å²) in [6.07, 6.45) is 6.38. The van der Waals surface area contributed by atoms with Crippen molar-refractivity contribution in [3.8, 4) is 0 Å². The number of H-pyrrole nitrogens is 1. The van der Waals surface area contributed by atoms with E-state index in [1.807, 2.05) is 6.92 Å². The Morgan fingerprint density at radius 3 is 2.57 bits per heavy atom. The van der Waals surface area contributed by atoms with E-state index in [0.717, 1.165) is 19.3 Å². The van der Waals surface area contributed by atoms with Crippen LogP contribution in [0.5, 0.6) is 0 Å². The molecule has 2 N–H and O–H groups in total. The van der Waals surface area contributed by atoms with E-state index in [1.165, 1.54) is 12.6 Å². The molecule has 0 spiro atoms. The first-order valence-corrected chi connectivity index (χ1v) is 9.28. The summed E-state index contributed by atoms with van der Waals surface area (Å²) in [4.78, 5) is 6.97. The summed E-state index contributed by atoms with van der Waals surface area (Å²) in [5, 5.41) is 0.178. The molecule has 1 aliphatic rings. The molecule has 0 saturated heterocycles. The Kier molecular flexibility index (Phi) is 4.78. The summed E-state index contributed by atoms with van der Waals surface area (Å²) in [6.45, 7) is 8.51. The van der Waals surface area contributed by atoms with Crippen LogP contribution in [-0.2, 0) is 16.4 Å². The molecule has 0 radical (unpaired) electrons. The molecule has 1 fully saturated rings. The number of hydrogen-bond donors (Lipinski definition) is 2. The fourth-order valence-electron chi connectivity index (χ4n) is 3.23. The van der Waals surface area contributed by atoms with Crippen LogP contribution < -0.4 is 4.72 Å². The highest BCUT2D eigenvalue weighted by molar-refractivity contribution is 7.89. The quantitative estimate of drug-likeness (QED) is 0.897. The second-order valence-electron chi connectivity index (χ2n) is 7.03. The summed E-state index contributed by atoms with van der Waals surface area (Å²) in [5.74, 6) is 1.07. The maximum absolute atomic E-state index is 12.5. The van der Waals surface area contributed by atoms with Crippen molar-refractivity contribution in [1.29, 1.82) is 0 Å². The number of aromatic amines is 1. The summed E-state index contributed by atoms with van der Waals surface area (Å²) >= 11 is 0. The van der Waals surface area contributed by atoms with Gasteiger partial charge in [-0.05, 0) is 24.2 Å². The van der Waals surface area contributed by atoms with Crippen molar-refractivity contribution in [1.82, 2.24) is 14.7 Å². The number of imidazole rings is 1. The van der Waals surface area contributed by atoms with Crippen LogP contribution in [0.25, 0.3) is 0 Å². The zero-order chi connectivity index (χ0) is 15.7. The van der Waals surface area contributed by atoms with E-state index in [-0.39, 0.29) is 16.5 Å². The van der Waals surface area contributed by atoms with Crippen LogP contribution in [0.2, 0.25) is 0 Å². The molecule has 1 saturated carbocycles. The van der Waals surface area contributed by atoms with Crippen molar-refractivity contribution in [2.24, 2.45) is 11.3 Å². The lowest BCUT2D eigenvalue weighted by Crippen LogP contribution is -2.46. The molecule has 5 nitrogen and oxygen atoms in total. The highest BCUT2D eigenvalue weighted by Crippen LogP contribution is 2.38. The average molecular weight is 313 g/mol. The molecule has 2 atom stereocenters. The van der Waals surface area contributed by atoms with E-state index in [0.29, 0.717) is 18.2 Å². The molecule has 0 amide bonds. The zero-order valence-electron chi connectivity index (χ0n) is 13.4. The van der Waals surface area contributed by atoms with Crippen molar-refractivity contribution in [2.75, 3.05) is 0 Å². The Bertz CT molecular complexity index is 572. The van der Waals surface area contributed by atoms with Crippen molar-refractivity contribution in [2.45, 2.75) is 70.9 Å². The van der Waals surface area contributed by atoms with Crippen molar-refractivity contribution >= 4 is 10.0 Å². The molecule has 120 valence electrons. The lowest BCUT2D eigenvalue weighted by Gasteiger charge is -2.40. The normalized spacial score (nSPS) is 24.2. The average Bonchev–Trinajstić information content (AvgIpc) is 2.87. The van der Waals surface area contributed by atoms with Crippen LogP contribution >= 0.6 is 0 Å². The first kappa shape index (κ1) is 16.5. The number of sulfonamides is 1. The molecule has 2 unspecified atom stereocenters. The van der Waals surface area contributed by atoms with Crippen LogP contribution in [0.3, 0.4) is 0 Å². The molecule has 6 heteroatoms. The van der Waals surface area contributed by atoms with Gasteiger partial charge in [0.05, 0.1) is 6.20 Å². The van der Waals surface area contributed by atoms with Gasteiger partial charge in [0.25, 0.3) is 10.0 Å². The molecule has 1 aromatic rings. The zero-order valence-corrected chi connectivity index (χ0v) is 14.3. The van der Waals surface area contributed by atoms with E-state index >= 15 is 0 Å². The molecule has 0 aromatic carbocycles. The molecule has 1 aromatic heterocycles. The third kappa shape index (κ3) is 3.86. The van der Waals surface area contributed by atoms with Crippen molar-refractivity contribution in [3.05, 3.63) is 12.0 Å². The van der Waals surface area contributed by atoms with Gasteiger partial charge in [-0.15, -0.1) is 0 Å². The number of rotatable bonds is 4. The number of aromatic nitrogens is 2. The smallest absolute Gasteiger partial charge is 0.257 e. The van der Waals surface area contributed by atoms with Gasteiger partial charge in [-0.25, -0.2) is 18.1 Å². The number of nitrogens with one attached hydrogen (secondary N) is 2. The highest BCUT2D eigenvalue weighted by atomic mass is 32.2. The Morgan fingerprint density at radius 2 is 2.00 bits per heavy atom. The number of aryl methyl sites for hydroxylation is 1. The molecule has 1 aliphatic carbocycles. The molecule has 0 bridgehead atoms. The highest BCUT2D eigenvalue weighted by Gasteiger charge is 2.36. The first-order chi connectivity index (χ1) is 9.74. The minimum absolute atomic E-state index is 0.0112. The summed E-state index contributed by atoms with van der Waals surface area (Å²) in [7, 11) is -3.51. The fraction of sp³-hybridized carbons (Fsp3) is 0.800. The standard InChI is InChI=1S/C15H27N3O2S/c1-5-13-16-10-14(17-13)21(19,20)18-12-9-7-6-8-11(12)15(2,3)4/h10-12,18H,5-9H2,1-4H3,(H,16,17). The summed E-state index contributed by atoms with van der Waals surface area (Å²) < 4.78 is 27.9. The minimum atomic E-state index is -3.51. The lowest BCUT2D eigenvalue weighted by atomic mass is 9.70. The molecule has 21 heavy (non-hydrogen) atoms. The van der Waals surface area contributed by atoms with Crippen molar-refractivity contribution in [3.63, 3.8) is 0 Å². The largest absolute Gasteiger partial charge is 0.332 e. The lowest BCUT2D eigenvalue weighted by molar-refractivity contribution is 0.144. The third-order valence-electron chi connectivity index (χ3n) is 4.41. The van der Waals surface area contributed by atoms with Gasteiger partial charge in [-0.2, -0.15) is 0 Å². The van der Waals surface area contributed by atoms with Gasteiger partial charge in [-0.1, -0.05) is 40.5 Å². The number of hydrogen-bond acceptors (Lipinski definition) is 3. The number of nitrogens with zero attached hydrogens (tertiary/aromatic N) is 1. The Labute approximate surface area is 128 Å². The maximum atomic E-state index is 12.5. The summed E-state index contributed by atoms with van der Waals surface area (Å²) in [6, 6.07) is 0.0112. The molecule has 2 rings (SSSR count). The van der Waals surface area contributed by atoms with Gasteiger partial charge in [-0.3, -0.25) is 0 Å². The Morgan fingerprint density at radius 1 is 1.33 bits per heavy atom. The van der Waals surface area contributed by atoms with E-state index in [4.69, 9.17) is 0 Å². The second-order valence-corrected chi connectivity index (χ2v) is 8.71. The maximum Gasteiger partial charge on any atom is 0.257 e. The predicted octanol–water partition coefficient (Wildman–Crippen LogP) is 2.86. The summed E-state index contributed by atoms with van der Waals surface area (Å²) in [5.41, 5.74) is 0.107. The fourth-order valence-corrected chi connectivity index (χ4v) is 4.48. The topological polar surface area (TPSA) is 74.8 Å². The second kappa shape index (κ2) is 6.08. The molecular formula is C15H27N3O2S. The van der Waals surface area contributed by atoms with Crippen LogP contribution in [0.4, 0.5) is 0 Å². The third-order valence-corrected chi connectivity index (χ3v) is 5.81. The minimum Gasteiger partial charge on any atom is -0.332 e. The molecule has 0 aliphatic heterocycles. The molecule has 1 heterocycles. The monoisotopic (exact) mass is 313 g/mol. The van der Waals surface area contributed by atoms with Gasteiger partial charge < -0.3 is 4.98 Å². The van der Waals surface area contributed by atoms with E-state index < -0.39 is 10.0 Å². The van der Waals surface area contributed by atoms with Gasteiger partial charge >= 0.3 is 0 Å². The van der Waals surface area contributed by atoms with Crippen LogP contribution in [0.15, 0.2) is 11.2 Å². The SMILES string of the molecule is CCc1ncc(S(=O)(=O)NC2CCCCC2C(C)(C)C)[nH]1. The van der Waals surface area contributed by atoms with Crippen LogP contribution in [0.1, 0.15) is 59.2 Å². The van der Waals surface area contributed by atoms with Crippen LogP contribution in [-0.4, -0.2) is 24.4 Å². The van der Waals surface area contributed by atoms with Crippen molar-refractivity contribution < 1.29 is 8.42 Å².